The molecule has 2 atom stereocenters. The molecule has 2 unspecified atom stereocenters. The molecule has 0 heteroatoms. The highest BCUT2D eigenvalue weighted by Gasteiger charge is 2.26. The molecule has 0 aromatic carbocycles. The monoisotopic (exact) mass is 246 g/mol. The van der Waals surface area contributed by atoms with E-state index < -0.39 is 0 Å². The summed E-state index contributed by atoms with van der Waals surface area (Å²) >= 11 is 0. The van der Waals surface area contributed by atoms with E-state index in [4.69, 9.17) is 0 Å². The second-order valence-corrected chi connectivity index (χ2v) is 4.31. The van der Waals surface area contributed by atoms with Gasteiger partial charge in [0.05, 0.1) is 0 Å². The van der Waals surface area contributed by atoms with Gasteiger partial charge in [-0.15, -0.1) is 0 Å². The van der Waals surface area contributed by atoms with Crippen molar-refractivity contribution in [3.63, 3.8) is 0 Å². The summed E-state index contributed by atoms with van der Waals surface area (Å²) in [7, 11) is 0. The molecule has 0 amide bonds. The van der Waals surface area contributed by atoms with Crippen molar-refractivity contribution in [3.8, 4) is 0 Å². The largest absolute Gasteiger partial charge is 0.0776 e. The minimum absolute atomic E-state index is 0. The standard InChI is InChI=1S/C6H12.C5H10.2C2H6.2CH4/c1-2-4-6-5-3-1;1-4-3-5(4)2;2*1-2;;/h1-6H2;4-5H,3H2,1-2H3;2*1-2H3;2*1H4. The maximum absolute atomic E-state index is 2.30. The van der Waals surface area contributed by atoms with Crippen LogP contribution in [0.4, 0.5) is 0 Å². The van der Waals surface area contributed by atoms with Crippen molar-refractivity contribution in [1.82, 2.24) is 0 Å². The molecule has 17 heavy (non-hydrogen) atoms. The molecule has 0 heterocycles. The van der Waals surface area contributed by atoms with Crippen LogP contribution in [0.1, 0.15) is 101 Å². The lowest BCUT2D eigenvalue weighted by atomic mass is 10.0. The van der Waals surface area contributed by atoms with Crippen molar-refractivity contribution in [2.24, 2.45) is 11.8 Å². The second-order valence-electron chi connectivity index (χ2n) is 4.31. The fourth-order valence-corrected chi connectivity index (χ4v) is 1.57. The highest BCUT2D eigenvalue weighted by molar-refractivity contribution is 4.76. The maximum Gasteiger partial charge on any atom is -0.0414 e. The summed E-state index contributed by atoms with van der Waals surface area (Å²) in [4.78, 5) is 0. The topological polar surface area (TPSA) is 0 Å². The van der Waals surface area contributed by atoms with E-state index in [1.165, 1.54) is 44.9 Å². The van der Waals surface area contributed by atoms with Gasteiger partial charge in [-0.2, -0.15) is 0 Å². The zero-order chi connectivity index (χ0) is 12.1. The highest BCUT2D eigenvalue weighted by Crippen LogP contribution is 2.36. The van der Waals surface area contributed by atoms with E-state index in [1.54, 1.807) is 0 Å². The van der Waals surface area contributed by atoms with Crippen LogP contribution in [0.3, 0.4) is 0 Å². The van der Waals surface area contributed by atoms with Gasteiger partial charge >= 0.3 is 0 Å². The van der Waals surface area contributed by atoms with Crippen LogP contribution in [0, 0.1) is 11.8 Å². The van der Waals surface area contributed by atoms with E-state index in [9.17, 15) is 0 Å². The Bertz CT molecular complexity index is 74.7. The molecule has 2 aliphatic carbocycles. The predicted molar refractivity (Wildman–Crippen MR) is 86.8 cm³/mol. The van der Waals surface area contributed by atoms with Gasteiger partial charge in [0.25, 0.3) is 0 Å². The van der Waals surface area contributed by atoms with Gasteiger partial charge in [-0.3, -0.25) is 0 Å². The Morgan fingerprint density at radius 1 is 0.529 bits per heavy atom. The average molecular weight is 247 g/mol. The minimum Gasteiger partial charge on any atom is -0.0776 e. The average Bonchev–Trinajstić information content (AvgIpc) is 3.01. The Morgan fingerprint density at radius 2 is 0.647 bits per heavy atom. The van der Waals surface area contributed by atoms with Crippen molar-refractivity contribution in [1.29, 1.82) is 0 Å². The van der Waals surface area contributed by atoms with Crippen LogP contribution in [0.25, 0.3) is 0 Å². The van der Waals surface area contributed by atoms with Crippen LogP contribution >= 0.6 is 0 Å². The molecule has 0 N–H and O–H groups in total. The molecule has 0 bridgehead atoms. The van der Waals surface area contributed by atoms with Gasteiger partial charge < -0.3 is 0 Å². The molecule has 2 aliphatic rings. The van der Waals surface area contributed by atoms with Crippen molar-refractivity contribution >= 4 is 0 Å². The molecule has 0 radical (unpaired) electrons. The molecule has 0 aliphatic heterocycles. The Labute approximate surface area is 114 Å². The molecule has 2 rings (SSSR count). The molecular weight excluding hydrogens is 204 g/mol. The van der Waals surface area contributed by atoms with E-state index in [2.05, 4.69) is 13.8 Å². The molecule has 2 fully saturated rings. The first-order valence-corrected chi connectivity index (χ1v) is 7.30. The second kappa shape index (κ2) is 21.3. The first-order valence-electron chi connectivity index (χ1n) is 7.30. The predicted octanol–water partition coefficient (Wildman–Crippen LogP) is 7.33. The van der Waals surface area contributed by atoms with Crippen LogP contribution in [-0.4, -0.2) is 0 Å². The lowest BCUT2D eigenvalue weighted by Crippen LogP contribution is -1.85. The van der Waals surface area contributed by atoms with Crippen LogP contribution in [0.2, 0.25) is 0 Å². The Hall–Kier alpha value is 0. The van der Waals surface area contributed by atoms with Crippen LogP contribution < -0.4 is 0 Å². The quantitative estimate of drug-likeness (QED) is 0.420. The maximum atomic E-state index is 2.30. The van der Waals surface area contributed by atoms with Crippen molar-refractivity contribution < 1.29 is 0 Å². The van der Waals surface area contributed by atoms with Crippen molar-refractivity contribution in [3.05, 3.63) is 0 Å². The molecule has 0 aromatic rings. The molecule has 110 valence electrons. The first kappa shape index (κ1) is 25.8. The van der Waals surface area contributed by atoms with Gasteiger partial charge in [0.1, 0.15) is 0 Å². The van der Waals surface area contributed by atoms with Gasteiger partial charge in [-0.05, 0) is 18.3 Å². The van der Waals surface area contributed by atoms with Crippen molar-refractivity contribution in [2.75, 3.05) is 0 Å². The normalized spacial score (nSPS) is 23.6. The van der Waals surface area contributed by atoms with Gasteiger partial charge in [-0.25, -0.2) is 0 Å². The fourth-order valence-electron chi connectivity index (χ4n) is 1.57. The molecule has 0 saturated heterocycles. The third-order valence-corrected chi connectivity index (χ3v) is 3.01. The zero-order valence-electron chi connectivity index (χ0n) is 12.1. The summed E-state index contributed by atoms with van der Waals surface area (Å²) in [6, 6.07) is 0. The molecular formula is C17H42. The zero-order valence-corrected chi connectivity index (χ0v) is 12.1. The Morgan fingerprint density at radius 3 is 0.706 bits per heavy atom. The highest BCUT2D eigenvalue weighted by atomic mass is 14.3. The van der Waals surface area contributed by atoms with E-state index in [0.717, 1.165) is 11.8 Å². The van der Waals surface area contributed by atoms with Gasteiger partial charge in [0.15, 0.2) is 0 Å². The van der Waals surface area contributed by atoms with Crippen LogP contribution in [0.15, 0.2) is 0 Å². The fraction of sp³-hybridized carbons (Fsp3) is 1.00. The van der Waals surface area contributed by atoms with Gasteiger partial charge in [-0.1, -0.05) is 94.9 Å². The smallest absolute Gasteiger partial charge is 0.0414 e. The third kappa shape index (κ3) is 21.8. The van der Waals surface area contributed by atoms with E-state index in [0.29, 0.717) is 0 Å². The Kier molecular flexibility index (Phi) is 32.3. The van der Waals surface area contributed by atoms with Gasteiger partial charge in [0, 0.05) is 0 Å². The third-order valence-electron chi connectivity index (χ3n) is 3.01. The minimum atomic E-state index is 0. The molecule has 0 nitrogen and oxygen atoms in total. The first-order chi connectivity index (χ1) is 7.30. The van der Waals surface area contributed by atoms with Crippen LogP contribution in [-0.2, 0) is 0 Å². The summed E-state index contributed by atoms with van der Waals surface area (Å²) in [5.74, 6) is 2.10. The summed E-state index contributed by atoms with van der Waals surface area (Å²) in [5, 5.41) is 0. The number of hydrogen-bond acceptors (Lipinski definition) is 0. The van der Waals surface area contributed by atoms with E-state index in [-0.39, 0.29) is 14.9 Å². The van der Waals surface area contributed by atoms with E-state index >= 15 is 0 Å². The lowest BCUT2D eigenvalue weighted by molar-refractivity contribution is 0.504. The molecule has 0 spiro atoms. The summed E-state index contributed by atoms with van der Waals surface area (Å²) in [6.07, 6.45) is 10.5. The summed E-state index contributed by atoms with van der Waals surface area (Å²) < 4.78 is 0. The molecule has 2 saturated carbocycles. The summed E-state index contributed by atoms with van der Waals surface area (Å²) in [6.45, 7) is 12.6. The van der Waals surface area contributed by atoms with Gasteiger partial charge in [0.2, 0.25) is 0 Å². The van der Waals surface area contributed by atoms with Crippen molar-refractivity contribution in [2.45, 2.75) is 101 Å². The lowest BCUT2D eigenvalue weighted by Gasteiger charge is -2.05. The SMILES string of the molecule is C.C.C1CCCCC1.CC.CC.CC1CC1C. The number of hydrogen-bond donors (Lipinski definition) is 0. The summed E-state index contributed by atoms with van der Waals surface area (Å²) in [5.41, 5.74) is 0. The molecule has 0 aromatic heterocycles. The van der Waals surface area contributed by atoms with E-state index in [1.807, 2.05) is 27.7 Å². The number of rotatable bonds is 0. The Balaban J connectivity index is -0.0000000712. The van der Waals surface area contributed by atoms with Crippen LogP contribution in [0.5, 0.6) is 0 Å².